The molecular weight excluding hydrogens is 391 g/mol. The van der Waals surface area contributed by atoms with E-state index in [1.807, 2.05) is 27.7 Å². The van der Waals surface area contributed by atoms with Gasteiger partial charge in [-0.05, 0) is 40.2 Å². The molecule has 0 radical (unpaired) electrons. The third-order valence-corrected chi connectivity index (χ3v) is 4.52. The number of hydrogen-bond acceptors (Lipinski definition) is 4. The predicted molar refractivity (Wildman–Crippen MR) is 91.6 cm³/mol. The van der Waals surface area contributed by atoms with Gasteiger partial charge < -0.3 is 18.6 Å². The van der Waals surface area contributed by atoms with Crippen LogP contribution in [0.5, 0.6) is 5.75 Å². The normalized spacial score (nSPS) is 12.3. The van der Waals surface area contributed by atoms with Crippen molar-refractivity contribution in [1.29, 1.82) is 0 Å². The molecule has 1 aromatic rings. The van der Waals surface area contributed by atoms with Crippen LogP contribution in [0, 0.1) is 29.1 Å². The highest BCUT2D eigenvalue weighted by molar-refractivity contribution is 6.27. The largest absolute Gasteiger partial charge is 0.487 e. The minimum Gasteiger partial charge on any atom is -0.487 e. The third-order valence-electron chi connectivity index (χ3n) is 3.23. The maximum absolute atomic E-state index is 13.4. The van der Waals surface area contributed by atoms with Crippen molar-refractivity contribution in [3.8, 4) is 5.75 Å². The molecule has 10 heteroatoms. The summed E-state index contributed by atoms with van der Waals surface area (Å²) >= 11 is 0. The molecule has 0 amide bonds. The van der Waals surface area contributed by atoms with Gasteiger partial charge in [0.2, 0.25) is 29.1 Å². The van der Waals surface area contributed by atoms with Crippen molar-refractivity contribution in [2.24, 2.45) is 0 Å². The summed E-state index contributed by atoms with van der Waals surface area (Å²) in [7, 11) is -0.970. The molecule has 0 saturated carbocycles. The smallest absolute Gasteiger partial charge is 0.262 e. The van der Waals surface area contributed by atoms with Crippen molar-refractivity contribution in [1.82, 2.24) is 0 Å². The zero-order chi connectivity index (χ0) is 20.6. The second-order valence-electron chi connectivity index (χ2n) is 6.34. The summed E-state index contributed by atoms with van der Waals surface area (Å²) < 4.78 is 87.3. The van der Waals surface area contributed by atoms with Crippen LogP contribution in [0.3, 0.4) is 0 Å². The highest BCUT2D eigenvalue weighted by Crippen LogP contribution is 2.29. The van der Waals surface area contributed by atoms with Crippen LogP contribution in [-0.2, 0) is 13.9 Å². The topological polar surface area (TPSA) is 36.9 Å². The van der Waals surface area contributed by atoms with Crippen molar-refractivity contribution in [2.75, 3.05) is 6.61 Å². The molecule has 0 aliphatic carbocycles. The fourth-order valence-electron chi connectivity index (χ4n) is 2.00. The number of ether oxygens (including phenoxy) is 3. The molecule has 0 aromatic heterocycles. The number of unbranched alkanes of at least 4 members (excludes halogenated alkanes) is 1. The summed E-state index contributed by atoms with van der Waals surface area (Å²) in [6.07, 6.45) is 0.865. The molecular formula is C17H25F5O4Si. The van der Waals surface area contributed by atoms with Crippen LogP contribution in [0.1, 0.15) is 40.5 Å². The lowest BCUT2D eigenvalue weighted by Gasteiger charge is -2.23. The number of benzene rings is 1. The van der Waals surface area contributed by atoms with Gasteiger partial charge in [0.05, 0.1) is 18.8 Å². The first-order valence-corrected chi connectivity index (χ1v) is 10.3. The lowest BCUT2D eigenvalue weighted by molar-refractivity contribution is -0.275. The van der Waals surface area contributed by atoms with E-state index in [4.69, 9.17) is 18.6 Å². The van der Waals surface area contributed by atoms with Crippen LogP contribution >= 0.6 is 0 Å². The molecule has 1 rings (SSSR count). The summed E-state index contributed by atoms with van der Waals surface area (Å²) in [6.45, 7) is 6.52. The van der Waals surface area contributed by atoms with Crippen molar-refractivity contribution in [3.63, 3.8) is 0 Å². The molecule has 0 unspecified atom stereocenters. The number of hydrogen-bond donors (Lipinski definition) is 0. The van der Waals surface area contributed by atoms with Gasteiger partial charge in [-0.1, -0.05) is 6.42 Å². The fraction of sp³-hybridized carbons (Fsp3) is 0.647. The van der Waals surface area contributed by atoms with E-state index in [0.29, 0.717) is 18.9 Å². The Labute approximate surface area is 157 Å². The molecule has 1 aromatic carbocycles. The zero-order valence-corrected chi connectivity index (χ0v) is 17.2. The molecule has 27 heavy (non-hydrogen) atoms. The lowest BCUT2D eigenvalue weighted by Crippen LogP contribution is -2.28. The second-order valence-corrected chi connectivity index (χ2v) is 7.79. The molecule has 0 bridgehead atoms. The maximum atomic E-state index is 13.4. The van der Waals surface area contributed by atoms with Gasteiger partial charge in [0.1, 0.15) is 0 Å². The van der Waals surface area contributed by atoms with E-state index in [-0.39, 0.29) is 18.8 Å². The van der Waals surface area contributed by atoms with E-state index < -0.39 is 51.1 Å². The molecule has 156 valence electrons. The number of rotatable bonds is 12. The quantitative estimate of drug-likeness (QED) is 0.128. The van der Waals surface area contributed by atoms with Gasteiger partial charge in [0, 0.05) is 0 Å². The van der Waals surface area contributed by atoms with Gasteiger partial charge in [0.25, 0.3) is 6.48 Å². The lowest BCUT2D eigenvalue weighted by atomic mass is 10.2. The Bertz CT molecular complexity index is 562. The SMILES string of the molecule is CC(C)OC(O[SiH2]CCCCOc1c(F)c(F)c(F)c(F)c1F)OC(C)C. The molecule has 0 N–H and O–H groups in total. The van der Waals surface area contributed by atoms with Crippen molar-refractivity contribution in [2.45, 2.75) is 65.3 Å². The monoisotopic (exact) mass is 416 g/mol. The van der Waals surface area contributed by atoms with Crippen LogP contribution in [0.25, 0.3) is 0 Å². The summed E-state index contributed by atoms with van der Waals surface area (Å²) in [5, 5.41) is 0. The van der Waals surface area contributed by atoms with E-state index in [9.17, 15) is 22.0 Å². The van der Waals surface area contributed by atoms with Crippen LogP contribution in [0.15, 0.2) is 0 Å². The Morgan fingerprint density at radius 1 is 0.741 bits per heavy atom. The maximum Gasteiger partial charge on any atom is 0.262 e. The van der Waals surface area contributed by atoms with Gasteiger partial charge in [-0.3, -0.25) is 0 Å². The Balaban J connectivity index is 2.35. The summed E-state index contributed by atoms with van der Waals surface area (Å²) in [5.74, 6) is -11.4. The summed E-state index contributed by atoms with van der Waals surface area (Å²) in [5.41, 5.74) is 0. The van der Waals surface area contributed by atoms with Crippen LogP contribution in [0.2, 0.25) is 6.04 Å². The third kappa shape index (κ3) is 7.72. The summed E-state index contributed by atoms with van der Waals surface area (Å²) in [4.78, 5) is 0. The van der Waals surface area contributed by atoms with E-state index >= 15 is 0 Å². The molecule has 0 spiro atoms. The highest BCUT2D eigenvalue weighted by atomic mass is 28.2. The molecule has 0 fully saturated rings. The Morgan fingerprint density at radius 2 is 1.22 bits per heavy atom. The van der Waals surface area contributed by atoms with E-state index in [2.05, 4.69) is 0 Å². The zero-order valence-electron chi connectivity index (χ0n) is 15.8. The molecule has 0 saturated heterocycles. The highest BCUT2D eigenvalue weighted by Gasteiger charge is 2.26. The van der Waals surface area contributed by atoms with Gasteiger partial charge in [0.15, 0.2) is 15.5 Å². The van der Waals surface area contributed by atoms with Crippen LogP contribution < -0.4 is 4.74 Å². The van der Waals surface area contributed by atoms with Crippen molar-refractivity contribution >= 4 is 9.76 Å². The van der Waals surface area contributed by atoms with E-state index in [1.165, 1.54) is 0 Å². The molecule has 4 nitrogen and oxygen atoms in total. The Kier molecular flexibility index (Phi) is 10.2. The number of halogens is 5. The molecule has 0 atom stereocenters. The second kappa shape index (κ2) is 11.6. The van der Waals surface area contributed by atoms with E-state index in [0.717, 1.165) is 0 Å². The average Bonchev–Trinajstić information content (AvgIpc) is 2.58. The van der Waals surface area contributed by atoms with E-state index in [1.54, 1.807) is 0 Å². The Hall–Kier alpha value is -1.23. The fourth-order valence-corrected chi connectivity index (χ4v) is 3.08. The molecule has 0 aliphatic heterocycles. The van der Waals surface area contributed by atoms with Crippen LogP contribution in [0.4, 0.5) is 22.0 Å². The first-order valence-electron chi connectivity index (χ1n) is 8.71. The first-order chi connectivity index (χ1) is 12.6. The van der Waals surface area contributed by atoms with Gasteiger partial charge >= 0.3 is 0 Å². The molecule has 0 heterocycles. The minimum atomic E-state index is -2.21. The van der Waals surface area contributed by atoms with Crippen molar-refractivity contribution < 1.29 is 40.6 Å². The van der Waals surface area contributed by atoms with Gasteiger partial charge in [-0.15, -0.1) is 0 Å². The average molecular weight is 416 g/mol. The first kappa shape index (κ1) is 23.8. The van der Waals surface area contributed by atoms with Gasteiger partial charge in [-0.2, -0.15) is 8.78 Å². The minimum absolute atomic E-state index is 0.0579. The van der Waals surface area contributed by atoms with Crippen molar-refractivity contribution in [3.05, 3.63) is 29.1 Å². The predicted octanol–water partition coefficient (Wildman–Crippen LogP) is 4.19. The van der Waals surface area contributed by atoms with Gasteiger partial charge in [-0.25, -0.2) is 13.2 Å². The summed E-state index contributed by atoms with van der Waals surface area (Å²) in [6, 6.07) is 0.708. The standard InChI is InChI=1S/C17H25F5O4Si/c1-9(2)24-17(25-10(3)4)26-27-8-6-5-7-23-16-14(21)12(19)11(18)13(20)15(16)22/h9-10,17H,5-8,27H2,1-4H3. The molecule has 0 aliphatic rings. The Morgan fingerprint density at radius 3 is 1.70 bits per heavy atom. The van der Waals surface area contributed by atoms with Crippen LogP contribution in [-0.4, -0.2) is 35.1 Å².